The van der Waals surface area contributed by atoms with Crippen molar-refractivity contribution in [1.82, 2.24) is 0 Å². The van der Waals surface area contributed by atoms with E-state index in [2.05, 4.69) is 0 Å². The summed E-state index contributed by atoms with van der Waals surface area (Å²) in [7, 11) is -5.00. The summed E-state index contributed by atoms with van der Waals surface area (Å²) in [6.45, 7) is 1.11. The molecule has 0 spiro atoms. The van der Waals surface area contributed by atoms with E-state index in [1.54, 1.807) is 0 Å². The molecule has 0 aliphatic heterocycles. The molecule has 1 aromatic carbocycles. The first-order valence-electron chi connectivity index (χ1n) is 4.60. The van der Waals surface area contributed by atoms with Crippen molar-refractivity contribution in [3.63, 3.8) is 0 Å². The van der Waals surface area contributed by atoms with Crippen molar-refractivity contribution in [3.8, 4) is 0 Å². The van der Waals surface area contributed by atoms with Crippen LogP contribution in [0.5, 0.6) is 0 Å². The molecule has 1 unspecified atom stereocenters. The van der Waals surface area contributed by atoms with E-state index in [0.29, 0.717) is 0 Å². The number of halogens is 5. The van der Waals surface area contributed by atoms with Gasteiger partial charge in [0.1, 0.15) is 5.25 Å². The van der Waals surface area contributed by atoms with Crippen LogP contribution < -0.4 is 0 Å². The quantitative estimate of drug-likeness (QED) is 0.403. The van der Waals surface area contributed by atoms with Crippen LogP contribution in [-0.4, -0.2) is 13.0 Å². The van der Waals surface area contributed by atoms with Gasteiger partial charge in [0.2, 0.25) is 5.82 Å². The Morgan fingerprint density at radius 1 is 0.944 bits per heavy atom. The fraction of sp³-hybridized carbons (Fsp3) is 0.333. The van der Waals surface area contributed by atoms with Crippen LogP contribution in [0, 0.1) is 29.1 Å². The number of hydrogen-bond acceptors (Lipinski definition) is 2. The van der Waals surface area contributed by atoms with Crippen LogP contribution in [0.15, 0.2) is 0 Å². The summed E-state index contributed by atoms with van der Waals surface area (Å²) in [6.07, 6.45) is -0.558. The van der Waals surface area contributed by atoms with Crippen molar-refractivity contribution in [3.05, 3.63) is 34.6 Å². The molecule has 0 radical (unpaired) electrons. The minimum atomic E-state index is -5.00. The first-order valence-corrected chi connectivity index (χ1v) is 6.10. The van der Waals surface area contributed by atoms with Gasteiger partial charge in [0.25, 0.3) is 10.1 Å². The first-order chi connectivity index (χ1) is 8.12. The predicted octanol–water partition coefficient (Wildman–Crippen LogP) is 2.72. The summed E-state index contributed by atoms with van der Waals surface area (Å²) >= 11 is 0. The summed E-state index contributed by atoms with van der Waals surface area (Å²) in [4.78, 5) is 0. The van der Waals surface area contributed by atoms with Gasteiger partial charge in [0, 0.05) is 0 Å². The highest BCUT2D eigenvalue weighted by Gasteiger charge is 2.35. The molecule has 18 heavy (non-hydrogen) atoms. The Hall–Kier alpha value is -1.22. The Labute approximate surface area is 99.0 Å². The van der Waals surface area contributed by atoms with E-state index in [0.717, 1.165) is 6.92 Å². The summed E-state index contributed by atoms with van der Waals surface area (Å²) in [5.41, 5.74) is -1.56. The molecule has 0 aliphatic rings. The van der Waals surface area contributed by atoms with E-state index in [-0.39, 0.29) is 0 Å². The maximum absolute atomic E-state index is 13.3. The maximum atomic E-state index is 13.3. The topological polar surface area (TPSA) is 54.4 Å². The highest BCUT2D eigenvalue weighted by Crippen LogP contribution is 2.33. The smallest absolute Gasteiger partial charge is 0.272 e. The summed E-state index contributed by atoms with van der Waals surface area (Å²) in [5.74, 6) is -11.4. The molecule has 0 aromatic heterocycles. The van der Waals surface area contributed by atoms with Gasteiger partial charge >= 0.3 is 0 Å². The Balaban J connectivity index is 3.70. The Morgan fingerprint density at radius 2 is 1.28 bits per heavy atom. The highest BCUT2D eigenvalue weighted by molar-refractivity contribution is 7.86. The molecule has 102 valence electrons. The van der Waals surface area contributed by atoms with Crippen molar-refractivity contribution in [1.29, 1.82) is 0 Å². The van der Waals surface area contributed by atoms with E-state index in [9.17, 15) is 30.4 Å². The van der Waals surface area contributed by atoms with Crippen LogP contribution in [0.25, 0.3) is 0 Å². The lowest BCUT2D eigenvalue weighted by Gasteiger charge is -2.15. The Kier molecular flexibility index (Phi) is 3.96. The number of benzene rings is 1. The minimum absolute atomic E-state index is 0.558. The Bertz CT molecular complexity index is 555. The highest BCUT2D eigenvalue weighted by atomic mass is 32.2. The van der Waals surface area contributed by atoms with E-state index >= 15 is 0 Å². The van der Waals surface area contributed by atoms with Gasteiger partial charge in [0.05, 0.1) is 5.56 Å². The summed E-state index contributed by atoms with van der Waals surface area (Å²) in [6, 6.07) is 0. The zero-order chi connectivity index (χ0) is 14.2. The summed E-state index contributed by atoms with van der Waals surface area (Å²) in [5, 5.41) is -2.22. The molecule has 1 N–H and O–H groups in total. The molecule has 0 heterocycles. The third-order valence-corrected chi connectivity index (χ3v) is 3.58. The van der Waals surface area contributed by atoms with E-state index in [1.807, 2.05) is 0 Å². The van der Waals surface area contributed by atoms with Crippen molar-refractivity contribution in [2.24, 2.45) is 0 Å². The number of hydrogen-bond donors (Lipinski definition) is 1. The van der Waals surface area contributed by atoms with Crippen LogP contribution >= 0.6 is 0 Å². The molecule has 1 aromatic rings. The molecule has 0 aliphatic carbocycles. The largest absolute Gasteiger partial charge is 0.285 e. The molecular weight excluding hydrogens is 283 g/mol. The molecule has 3 nitrogen and oxygen atoms in total. The average molecular weight is 290 g/mol. The van der Waals surface area contributed by atoms with Gasteiger partial charge in [-0.2, -0.15) is 8.42 Å². The molecule has 0 saturated carbocycles. The molecule has 0 saturated heterocycles. The van der Waals surface area contributed by atoms with Gasteiger partial charge in [-0.3, -0.25) is 4.55 Å². The van der Waals surface area contributed by atoms with Crippen molar-refractivity contribution >= 4 is 10.1 Å². The van der Waals surface area contributed by atoms with Crippen molar-refractivity contribution < 1.29 is 34.9 Å². The third-order valence-electron chi connectivity index (χ3n) is 2.30. The van der Waals surface area contributed by atoms with Crippen LogP contribution in [0.3, 0.4) is 0 Å². The van der Waals surface area contributed by atoms with Gasteiger partial charge in [0.15, 0.2) is 23.3 Å². The lowest BCUT2D eigenvalue weighted by molar-refractivity contribution is 0.365. The third kappa shape index (κ3) is 2.32. The van der Waals surface area contributed by atoms with Gasteiger partial charge in [-0.25, -0.2) is 22.0 Å². The predicted molar refractivity (Wildman–Crippen MR) is 50.8 cm³/mol. The zero-order valence-corrected chi connectivity index (χ0v) is 9.66. The second kappa shape index (κ2) is 4.81. The van der Waals surface area contributed by atoms with E-state index in [4.69, 9.17) is 4.55 Å². The minimum Gasteiger partial charge on any atom is -0.285 e. The van der Waals surface area contributed by atoms with Crippen LogP contribution in [-0.2, 0) is 10.1 Å². The normalized spacial score (nSPS) is 13.7. The molecular formula is C9H7F5O3S. The zero-order valence-electron chi connectivity index (χ0n) is 8.85. The average Bonchev–Trinajstić information content (AvgIpc) is 2.27. The summed E-state index contributed by atoms with van der Waals surface area (Å²) < 4.78 is 95.4. The second-order valence-corrected chi connectivity index (χ2v) is 4.99. The van der Waals surface area contributed by atoms with Crippen LogP contribution in [0.2, 0.25) is 0 Å². The number of rotatable bonds is 3. The fourth-order valence-electron chi connectivity index (χ4n) is 1.47. The van der Waals surface area contributed by atoms with Crippen molar-refractivity contribution in [2.75, 3.05) is 0 Å². The molecule has 0 bridgehead atoms. The van der Waals surface area contributed by atoms with Gasteiger partial charge < -0.3 is 0 Å². The molecule has 0 fully saturated rings. The fourth-order valence-corrected chi connectivity index (χ4v) is 2.39. The van der Waals surface area contributed by atoms with E-state index in [1.165, 1.54) is 0 Å². The molecule has 1 atom stereocenters. The SMILES string of the molecule is CCC(c1c(F)c(F)c(F)c(F)c1F)S(=O)(=O)O. The lowest BCUT2D eigenvalue weighted by atomic mass is 10.1. The van der Waals surface area contributed by atoms with Crippen LogP contribution in [0.1, 0.15) is 24.2 Å². The standard InChI is InChI=1S/C9H7F5O3S/c1-2-3(18(15,16)17)4-5(10)7(12)9(14)8(13)6(4)11/h3H,2H2,1H3,(H,15,16,17). The van der Waals surface area contributed by atoms with Gasteiger partial charge in [-0.05, 0) is 6.42 Å². The first kappa shape index (κ1) is 14.8. The maximum Gasteiger partial charge on any atom is 0.272 e. The van der Waals surface area contributed by atoms with Crippen LogP contribution in [0.4, 0.5) is 22.0 Å². The van der Waals surface area contributed by atoms with Gasteiger partial charge in [-0.1, -0.05) is 6.92 Å². The monoisotopic (exact) mass is 290 g/mol. The Morgan fingerprint density at radius 3 is 1.56 bits per heavy atom. The van der Waals surface area contributed by atoms with E-state index < -0.39 is 56.4 Å². The molecule has 0 amide bonds. The molecule has 1 rings (SSSR count). The second-order valence-electron chi connectivity index (χ2n) is 3.40. The lowest BCUT2D eigenvalue weighted by Crippen LogP contribution is -2.18. The van der Waals surface area contributed by atoms with Gasteiger partial charge in [-0.15, -0.1) is 0 Å². The molecule has 9 heteroatoms. The van der Waals surface area contributed by atoms with Crippen molar-refractivity contribution in [2.45, 2.75) is 18.6 Å².